The standard InChI is InChI=1S/C58H44N2.H13P11/c1-57(2)46-25-13-10-23-43(46)55-48(57)27-16-30-53(55)60(54-31-17-28-49-56(54)44-24-11-14-26-47(44)58(49,3)4)51-35-33-39(40-20-8-9-21-41(40)51)37-32-34-52-45(36-37)42-22-12-15-29-50(42)59(52)38-18-6-5-7-19-38;1-7-10(6)11(8(2)3)9(4)5/h5-36H,1-4H3;7H,1-6H2. The Morgan fingerprint density at radius 1 is 0.423 bits per heavy atom. The van der Waals surface area contributed by atoms with Gasteiger partial charge in [0.15, 0.2) is 0 Å². The molecule has 1 heterocycles. The lowest BCUT2D eigenvalue weighted by molar-refractivity contribution is 0.660. The normalized spacial score (nSPS) is 14.5. The van der Waals surface area contributed by atoms with Crippen molar-refractivity contribution >= 4 is 139 Å². The van der Waals surface area contributed by atoms with Crippen LogP contribution in [0, 0.1) is 0 Å². The minimum absolute atomic E-state index is 0.130. The van der Waals surface area contributed by atoms with Crippen molar-refractivity contribution in [2.75, 3.05) is 4.90 Å². The van der Waals surface area contributed by atoms with Crippen molar-refractivity contribution < 1.29 is 0 Å². The van der Waals surface area contributed by atoms with Gasteiger partial charge in [-0.1, -0.05) is 181 Å². The largest absolute Gasteiger partial charge is 0.309 e. The number of aromatic nitrogens is 1. The minimum atomic E-state index is -0.130. The van der Waals surface area contributed by atoms with E-state index in [0.717, 1.165) is 7.96 Å². The van der Waals surface area contributed by atoms with Crippen LogP contribution in [0.4, 0.5) is 17.1 Å². The van der Waals surface area contributed by atoms with Crippen molar-refractivity contribution in [3.8, 4) is 39.1 Å². The monoisotopic (exact) mass is 1120 g/mol. The molecule has 13 heteroatoms. The summed E-state index contributed by atoms with van der Waals surface area (Å²) in [6.45, 7) is 10.3. The molecule has 0 amide bonds. The number of rotatable bonds is 9. The van der Waals surface area contributed by atoms with Gasteiger partial charge in [-0.2, -0.15) is 0 Å². The summed E-state index contributed by atoms with van der Waals surface area (Å²) in [4.78, 5) is 2.59. The second-order valence-electron chi connectivity index (χ2n) is 19.2. The van der Waals surface area contributed by atoms with Gasteiger partial charge in [0, 0.05) is 43.8 Å². The highest BCUT2D eigenvalue weighted by Gasteiger charge is 2.41. The number of anilines is 3. The molecule has 12 rings (SSSR count). The molecule has 10 aromatic rings. The summed E-state index contributed by atoms with van der Waals surface area (Å²) < 4.78 is 2.39. The molecule has 2 aliphatic rings. The molecule has 354 valence electrons. The molecule has 2 nitrogen and oxygen atoms in total. The predicted molar refractivity (Wildman–Crippen MR) is 348 cm³/mol. The molecule has 2 aliphatic carbocycles. The number of nitrogens with zero attached hydrogens (tertiary/aromatic N) is 2. The molecule has 0 N–H and O–H groups in total. The fourth-order valence-electron chi connectivity index (χ4n) is 11.4. The van der Waals surface area contributed by atoms with Gasteiger partial charge in [-0.05, 0) is 126 Å². The number of fused-ring (bicyclic) bond motifs is 10. The summed E-state index contributed by atoms with van der Waals surface area (Å²) >= 11 is 0. The SMILES string of the molecule is CC1(C)c2ccccc2-c2c(N(c3cccc4c3-c3ccccc3C4(C)C)c3ccc(-c4ccc5c(c4)c4ccccc4n5-c4ccccc4)c4ccccc34)cccc21.PPP(P)P(P(P)P)P(P)P. The summed E-state index contributed by atoms with van der Waals surface area (Å²) in [7, 11) is 18.9. The first-order valence-electron chi connectivity index (χ1n) is 23.6. The van der Waals surface area contributed by atoms with Gasteiger partial charge in [0.2, 0.25) is 0 Å². The third-order valence-electron chi connectivity index (χ3n) is 14.5. The van der Waals surface area contributed by atoms with E-state index in [-0.39, 0.29) is 38.8 Å². The van der Waals surface area contributed by atoms with Gasteiger partial charge in [0.25, 0.3) is 0 Å². The molecule has 8 unspecified atom stereocenters. The Hall–Kier alpha value is -2.43. The lowest BCUT2D eigenvalue weighted by atomic mass is 9.82. The zero-order valence-corrected chi connectivity index (χ0v) is 51.6. The highest BCUT2D eigenvalue weighted by atomic mass is 33.2. The Kier molecular flexibility index (Phi) is 14.7. The van der Waals surface area contributed by atoms with E-state index in [1.54, 1.807) is 0 Å². The average molecular weight is 1120 g/mol. The molecular weight excluding hydrogens is 1070 g/mol. The van der Waals surface area contributed by atoms with Gasteiger partial charge >= 0.3 is 0 Å². The van der Waals surface area contributed by atoms with E-state index in [2.05, 4.69) is 285 Å². The van der Waals surface area contributed by atoms with E-state index in [1.165, 1.54) is 111 Å². The smallest absolute Gasteiger partial charge is 0.0543 e. The lowest BCUT2D eigenvalue weighted by Crippen LogP contribution is -2.17. The topological polar surface area (TPSA) is 8.17 Å². The fraction of sp³-hybridized carbons (Fsp3) is 0.103. The number of para-hydroxylation sites is 2. The number of hydrogen-bond acceptors (Lipinski definition) is 1. The predicted octanol–water partition coefficient (Wildman–Crippen LogP) is 21.7. The minimum Gasteiger partial charge on any atom is -0.309 e. The summed E-state index contributed by atoms with van der Waals surface area (Å²) in [5.41, 5.74) is 20.1. The molecule has 1 aromatic heterocycles. The van der Waals surface area contributed by atoms with E-state index in [1.807, 2.05) is 0 Å². The zero-order valence-electron chi connectivity index (χ0n) is 40.1. The average Bonchev–Trinajstić information content (AvgIpc) is 3.94. The molecule has 0 radical (unpaired) electrons. The van der Waals surface area contributed by atoms with Gasteiger partial charge in [0.05, 0.1) is 28.1 Å². The molecule has 0 fully saturated rings. The highest BCUT2D eigenvalue weighted by molar-refractivity contribution is 9.18. The van der Waals surface area contributed by atoms with Crippen LogP contribution in [-0.2, 0) is 10.8 Å². The first-order valence-corrected chi connectivity index (χ1v) is 42.8. The first kappa shape index (κ1) is 50.7. The highest BCUT2D eigenvalue weighted by Crippen LogP contribution is 3.12. The zero-order chi connectivity index (χ0) is 49.3. The quantitative estimate of drug-likeness (QED) is 0.131. The summed E-state index contributed by atoms with van der Waals surface area (Å²) in [5, 5.41) is 4.96. The van der Waals surface area contributed by atoms with Crippen molar-refractivity contribution in [3.63, 3.8) is 0 Å². The van der Waals surface area contributed by atoms with E-state index < -0.39 is 0 Å². The van der Waals surface area contributed by atoms with Gasteiger partial charge in [-0.15, -0.1) is 53.6 Å². The van der Waals surface area contributed by atoms with Crippen LogP contribution in [0.2, 0.25) is 0 Å². The summed E-state index contributed by atoms with van der Waals surface area (Å²) in [6.07, 6.45) is 0. The van der Waals surface area contributed by atoms with Gasteiger partial charge < -0.3 is 9.47 Å². The van der Waals surface area contributed by atoms with E-state index in [9.17, 15) is 0 Å². The van der Waals surface area contributed by atoms with Crippen LogP contribution >= 0.6 is 89.5 Å². The van der Waals surface area contributed by atoms with Crippen molar-refractivity contribution in [2.45, 2.75) is 38.5 Å². The molecule has 0 bridgehead atoms. The molecular formula is C58H57N2P11. The second kappa shape index (κ2) is 20.6. The molecule has 8 atom stereocenters. The third-order valence-corrected chi connectivity index (χ3v) is 73.6. The Morgan fingerprint density at radius 3 is 1.48 bits per heavy atom. The van der Waals surface area contributed by atoms with Crippen molar-refractivity contribution in [2.24, 2.45) is 0 Å². The Labute approximate surface area is 439 Å². The second-order valence-corrected chi connectivity index (χ2v) is 58.2. The maximum Gasteiger partial charge on any atom is 0.0543 e. The lowest BCUT2D eigenvalue weighted by Gasteiger charge is -2.32. The maximum atomic E-state index is 3.05. The number of benzene rings is 9. The molecule has 0 spiro atoms. The Morgan fingerprint density at radius 2 is 0.915 bits per heavy atom. The molecule has 9 aromatic carbocycles. The first-order chi connectivity index (χ1) is 34.3. The van der Waals surface area contributed by atoms with E-state index in [0.29, 0.717) is 0 Å². The fourth-order valence-corrected chi connectivity index (χ4v) is 107. The van der Waals surface area contributed by atoms with Crippen LogP contribution in [0.3, 0.4) is 0 Å². The van der Waals surface area contributed by atoms with Crippen LogP contribution in [-0.4, -0.2) is 4.57 Å². The van der Waals surface area contributed by atoms with Gasteiger partial charge in [-0.3, -0.25) is 0 Å². The molecule has 71 heavy (non-hydrogen) atoms. The Balaban J connectivity index is 0.000000447. The van der Waals surface area contributed by atoms with Crippen molar-refractivity contribution in [1.29, 1.82) is 0 Å². The van der Waals surface area contributed by atoms with Crippen LogP contribution in [0.15, 0.2) is 194 Å². The van der Waals surface area contributed by atoms with Gasteiger partial charge in [0.1, 0.15) is 0 Å². The Bertz CT molecular complexity index is 3550. The molecule has 0 aliphatic heterocycles. The van der Waals surface area contributed by atoms with Gasteiger partial charge in [-0.25, -0.2) is 0 Å². The van der Waals surface area contributed by atoms with Crippen LogP contribution < -0.4 is 4.90 Å². The van der Waals surface area contributed by atoms with Crippen LogP contribution in [0.25, 0.3) is 71.6 Å². The maximum absolute atomic E-state index is 3.05. The molecule has 0 saturated heterocycles. The third kappa shape index (κ3) is 8.81. The van der Waals surface area contributed by atoms with Crippen LogP contribution in [0.1, 0.15) is 49.9 Å². The van der Waals surface area contributed by atoms with Crippen molar-refractivity contribution in [3.05, 3.63) is 216 Å². The van der Waals surface area contributed by atoms with E-state index >= 15 is 0 Å². The van der Waals surface area contributed by atoms with Crippen LogP contribution in [0.5, 0.6) is 0 Å². The van der Waals surface area contributed by atoms with E-state index in [4.69, 9.17) is 0 Å². The molecule has 0 saturated carbocycles. The number of hydrogen-bond donors (Lipinski definition) is 0. The van der Waals surface area contributed by atoms with Crippen molar-refractivity contribution in [1.82, 2.24) is 4.57 Å². The summed E-state index contributed by atoms with van der Waals surface area (Å²) in [5.74, 6) is 0. The summed E-state index contributed by atoms with van der Waals surface area (Å²) in [6, 6.07) is 72.3.